The molecule has 0 bridgehead atoms. The minimum absolute atomic E-state index is 0.00295. The van der Waals surface area contributed by atoms with Crippen molar-refractivity contribution in [1.82, 2.24) is 9.97 Å². The molecule has 1 aliphatic rings. The number of carbonyl (C=O) groups excluding carboxylic acids is 1. The molecule has 1 aromatic heterocycles. The van der Waals surface area contributed by atoms with Crippen molar-refractivity contribution in [2.45, 2.75) is 6.42 Å². The van der Waals surface area contributed by atoms with E-state index in [0.717, 1.165) is 28.0 Å². The van der Waals surface area contributed by atoms with Gasteiger partial charge in [0.2, 0.25) is 0 Å². The molecule has 3 nitrogen and oxygen atoms in total. The van der Waals surface area contributed by atoms with Crippen LogP contribution in [0, 0.1) is 0 Å². The number of para-hydroxylation sites is 2. The molecule has 0 unspecified atom stereocenters. The Bertz CT molecular complexity index is 956. The van der Waals surface area contributed by atoms with Crippen molar-refractivity contribution < 1.29 is 4.79 Å². The van der Waals surface area contributed by atoms with Crippen LogP contribution >= 0.6 is 0 Å². The molecule has 0 spiro atoms. The second kappa shape index (κ2) is 5.61. The summed E-state index contributed by atoms with van der Waals surface area (Å²) < 4.78 is 0. The Kier molecular flexibility index (Phi) is 3.31. The van der Waals surface area contributed by atoms with Crippen molar-refractivity contribution >= 4 is 28.5 Å². The Morgan fingerprint density at radius 3 is 2.39 bits per heavy atom. The number of benzene rings is 2. The van der Waals surface area contributed by atoms with Crippen LogP contribution in [-0.2, 0) is 0 Å². The van der Waals surface area contributed by atoms with Gasteiger partial charge in [-0.1, -0.05) is 48.5 Å². The fourth-order valence-corrected chi connectivity index (χ4v) is 2.73. The van der Waals surface area contributed by atoms with Crippen molar-refractivity contribution in [2.75, 3.05) is 0 Å². The van der Waals surface area contributed by atoms with Crippen molar-refractivity contribution in [3.63, 3.8) is 0 Å². The van der Waals surface area contributed by atoms with Crippen LogP contribution < -0.4 is 0 Å². The van der Waals surface area contributed by atoms with Crippen LogP contribution in [0.3, 0.4) is 0 Å². The van der Waals surface area contributed by atoms with Gasteiger partial charge in [-0.25, -0.2) is 9.97 Å². The monoisotopic (exact) mass is 298 g/mol. The molecule has 0 fully saturated rings. The van der Waals surface area contributed by atoms with Gasteiger partial charge in [0, 0.05) is 5.56 Å². The second-order valence-electron chi connectivity index (χ2n) is 5.45. The molecule has 23 heavy (non-hydrogen) atoms. The molecule has 0 radical (unpaired) electrons. The third-order valence-corrected chi connectivity index (χ3v) is 3.88. The van der Waals surface area contributed by atoms with E-state index in [2.05, 4.69) is 4.98 Å². The number of rotatable bonds is 2. The molecule has 0 atom stereocenters. The van der Waals surface area contributed by atoms with E-state index in [-0.39, 0.29) is 5.78 Å². The molecule has 0 N–H and O–H groups in total. The molecule has 3 heteroatoms. The third-order valence-electron chi connectivity index (χ3n) is 3.88. The number of allylic oxidation sites excluding steroid dienone is 3. The van der Waals surface area contributed by atoms with Gasteiger partial charge in [-0.15, -0.1) is 0 Å². The van der Waals surface area contributed by atoms with Crippen LogP contribution in [0.25, 0.3) is 22.7 Å². The van der Waals surface area contributed by atoms with Crippen LogP contribution in [-0.4, -0.2) is 15.8 Å². The fraction of sp³-hybridized carbons (Fsp3) is 0.0500. The minimum atomic E-state index is -0.00295. The Balaban J connectivity index is 1.81. The molecule has 110 valence electrons. The largest absolute Gasteiger partial charge is 0.289 e. The lowest BCUT2D eigenvalue weighted by Gasteiger charge is -2.13. The van der Waals surface area contributed by atoms with Crippen molar-refractivity contribution in [3.05, 3.63) is 83.7 Å². The first-order valence-electron chi connectivity index (χ1n) is 7.55. The predicted molar refractivity (Wildman–Crippen MR) is 91.9 cm³/mol. The predicted octanol–water partition coefficient (Wildman–Crippen LogP) is 4.31. The average Bonchev–Trinajstić information content (AvgIpc) is 2.61. The zero-order valence-electron chi connectivity index (χ0n) is 12.4. The SMILES string of the molecule is O=C(C=C1CC=Cc2nc3ccccc3nc21)c1ccccc1. The number of fused-ring (bicyclic) bond motifs is 2. The molecule has 1 heterocycles. The van der Waals surface area contributed by atoms with E-state index in [9.17, 15) is 4.79 Å². The van der Waals surface area contributed by atoms with Gasteiger partial charge in [-0.3, -0.25) is 4.79 Å². The van der Waals surface area contributed by atoms with Gasteiger partial charge in [0.25, 0.3) is 0 Å². The zero-order chi connectivity index (χ0) is 15.6. The summed E-state index contributed by atoms with van der Waals surface area (Å²) in [5.74, 6) is -0.00295. The first kappa shape index (κ1) is 13.6. The number of nitrogens with zero attached hydrogens (tertiary/aromatic N) is 2. The number of hydrogen-bond acceptors (Lipinski definition) is 3. The van der Waals surface area contributed by atoms with Gasteiger partial charge < -0.3 is 0 Å². The van der Waals surface area contributed by atoms with E-state index in [4.69, 9.17) is 4.98 Å². The molecule has 0 aliphatic heterocycles. The Morgan fingerprint density at radius 2 is 1.61 bits per heavy atom. The van der Waals surface area contributed by atoms with Crippen molar-refractivity contribution in [1.29, 1.82) is 0 Å². The number of ketones is 1. The van der Waals surface area contributed by atoms with Crippen LogP contribution in [0.2, 0.25) is 0 Å². The van der Waals surface area contributed by atoms with Crippen molar-refractivity contribution in [2.24, 2.45) is 0 Å². The molecule has 2 aromatic carbocycles. The first-order valence-corrected chi connectivity index (χ1v) is 7.55. The van der Waals surface area contributed by atoms with Gasteiger partial charge in [-0.2, -0.15) is 0 Å². The molecular weight excluding hydrogens is 284 g/mol. The highest BCUT2D eigenvalue weighted by Crippen LogP contribution is 2.28. The molecule has 4 rings (SSSR count). The maximum Gasteiger partial charge on any atom is 0.186 e. The maximum absolute atomic E-state index is 12.4. The van der Waals surface area contributed by atoms with E-state index in [1.54, 1.807) is 6.08 Å². The zero-order valence-corrected chi connectivity index (χ0v) is 12.4. The van der Waals surface area contributed by atoms with E-state index in [1.165, 1.54) is 0 Å². The molecular formula is C20H14N2O. The summed E-state index contributed by atoms with van der Waals surface area (Å²) in [6, 6.07) is 17.1. The summed E-state index contributed by atoms with van der Waals surface area (Å²) in [4.78, 5) is 21.8. The van der Waals surface area contributed by atoms with E-state index < -0.39 is 0 Å². The summed E-state index contributed by atoms with van der Waals surface area (Å²) in [5.41, 5.74) is 4.93. The van der Waals surface area contributed by atoms with Gasteiger partial charge >= 0.3 is 0 Å². The third kappa shape index (κ3) is 2.57. The molecule has 1 aliphatic carbocycles. The average molecular weight is 298 g/mol. The van der Waals surface area contributed by atoms with Crippen molar-refractivity contribution in [3.8, 4) is 0 Å². The maximum atomic E-state index is 12.4. The number of carbonyl (C=O) groups is 1. The van der Waals surface area contributed by atoms with Crippen LogP contribution in [0.1, 0.15) is 28.2 Å². The highest BCUT2D eigenvalue weighted by atomic mass is 16.1. The fourth-order valence-electron chi connectivity index (χ4n) is 2.73. The van der Waals surface area contributed by atoms with Crippen LogP contribution in [0.15, 0.2) is 66.7 Å². The smallest absolute Gasteiger partial charge is 0.186 e. The summed E-state index contributed by atoms with van der Waals surface area (Å²) >= 11 is 0. The van der Waals surface area contributed by atoms with E-state index in [0.29, 0.717) is 12.0 Å². The summed E-state index contributed by atoms with van der Waals surface area (Å²) in [6.45, 7) is 0. The Morgan fingerprint density at radius 1 is 0.913 bits per heavy atom. The molecule has 0 saturated heterocycles. The first-order chi connectivity index (χ1) is 11.3. The van der Waals surface area contributed by atoms with Gasteiger partial charge in [0.05, 0.1) is 22.4 Å². The van der Waals surface area contributed by atoms with Gasteiger partial charge in [0.1, 0.15) is 0 Å². The second-order valence-corrected chi connectivity index (χ2v) is 5.45. The lowest BCUT2D eigenvalue weighted by molar-refractivity contribution is 0.104. The lowest BCUT2D eigenvalue weighted by atomic mass is 9.97. The topological polar surface area (TPSA) is 42.9 Å². The van der Waals surface area contributed by atoms with Gasteiger partial charge in [-0.05, 0) is 36.3 Å². The summed E-state index contributed by atoms with van der Waals surface area (Å²) in [5, 5.41) is 0. The van der Waals surface area contributed by atoms with Crippen LogP contribution in [0.4, 0.5) is 0 Å². The normalized spacial score (nSPS) is 14.9. The quantitative estimate of drug-likeness (QED) is 0.523. The Labute approximate surface area is 134 Å². The highest BCUT2D eigenvalue weighted by Gasteiger charge is 2.16. The Hall–Kier alpha value is -3.07. The van der Waals surface area contributed by atoms with Gasteiger partial charge in [0.15, 0.2) is 5.78 Å². The van der Waals surface area contributed by atoms with E-state index in [1.807, 2.05) is 66.7 Å². The molecule has 0 saturated carbocycles. The summed E-state index contributed by atoms with van der Waals surface area (Å²) in [6.07, 6.45) is 6.37. The highest BCUT2D eigenvalue weighted by molar-refractivity contribution is 6.09. The minimum Gasteiger partial charge on any atom is -0.289 e. The number of hydrogen-bond donors (Lipinski definition) is 0. The lowest BCUT2D eigenvalue weighted by Crippen LogP contribution is -2.04. The van der Waals surface area contributed by atoms with Crippen LogP contribution in [0.5, 0.6) is 0 Å². The molecule has 0 amide bonds. The van der Waals surface area contributed by atoms with E-state index >= 15 is 0 Å². The summed E-state index contributed by atoms with van der Waals surface area (Å²) in [7, 11) is 0. The standard InChI is InChI=1S/C20H14N2O/c23-19(14-7-2-1-3-8-14)13-15-9-6-12-18-20(15)22-17-11-5-4-10-16(17)21-18/h1-8,10-13H,9H2. The molecule has 3 aromatic rings. The number of aromatic nitrogens is 2.